The Morgan fingerprint density at radius 1 is 1.00 bits per heavy atom. The SMILES string of the molecule is CCCCn1c(-c2nc3ccccc3c(=O)[nH]2)nc2ccccc21. The molecule has 5 heteroatoms. The normalized spacial score (nSPS) is 11.4. The predicted octanol–water partition coefficient (Wildman–Crippen LogP) is 3.74. The molecular weight excluding hydrogens is 300 g/mol. The van der Waals surface area contributed by atoms with Gasteiger partial charge in [0.1, 0.15) is 0 Å². The zero-order valence-corrected chi connectivity index (χ0v) is 13.5. The van der Waals surface area contributed by atoms with Crippen molar-refractivity contribution in [2.75, 3.05) is 0 Å². The van der Waals surface area contributed by atoms with Gasteiger partial charge in [0.2, 0.25) is 0 Å². The quantitative estimate of drug-likeness (QED) is 0.623. The van der Waals surface area contributed by atoms with Gasteiger partial charge in [-0.1, -0.05) is 37.6 Å². The number of nitrogens with zero attached hydrogens (tertiary/aromatic N) is 3. The number of imidazole rings is 1. The molecule has 5 nitrogen and oxygen atoms in total. The van der Waals surface area contributed by atoms with Gasteiger partial charge in [-0.05, 0) is 30.7 Å². The highest BCUT2D eigenvalue weighted by atomic mass is 16.1. The van der Waals surface area contributed by atoms with E-state index in [1.54, 1.807) is 6.07 Å². The Labute approximate surface area is 139 Å². The molecule has 0 fully saturated rings. The van der Waals surface area contributed by atoms with Crippen LogP contribution in [0.2, 0.25) is 0 Å². The Kier molecular flexibility index (Phi) is 3.61. The lowest BCUT2D eigenvalue weighted by molar-refractivity contribution is 0.649. The number of aromatic amines is 1. The Bertz CT molecular complexity index is 1080. The third-order valence-corrected chi connectivity index (χ3v) is 4.21. The molecule has 0 spiro atoms. The van der Waals surface area contributed by atoms with Gasteiger partial charge >= 0.3 is 0 Å². The van der Waals surface area contributed by atoms with Crippen molar-refractivity contribution in [3.8, 4) is 11.6 Å². The van der Waals surface area contributed by atoms with Crippen molar-refractivity contribution in [1.82, 2.24) is 19.5 Å². The minimum absolute atomic E-state index is 0.135. The fourth-order valence-corrected chi connectivity index (χ4v) is 2.99. The van der Waals surface area contributed by atoms with Crippen LogP contribution in [-0.4, -0.2) is 19.5 Å². The number of benzene rings is 2. The van der Waals surface area contributed by atoms with Crippen LogP contribution in [0.15, 0.2) is 53.3 Å². The average Bonchev–Trinajstić information content (AvgIpc) is 2.98. The predicted molar refractivity (Wildman–Crippen MR) is 96.0 cm³/mol. The van der Waals surface area contributed by atoms with Crippen LogP contribution in [-0.2, 0) is 6.54 Å². The molecule has 120 valence electrons. The zero-order chi connectivity index (χ0) is 16.5. The Morgan fingerprint density at radius 2 is 1.75 bits per heavy atom. The first-order valence-corrected chi connectivity index (χ1v) is 8.22. The zero-order valence-electron chi connectivity index (χ0n) is 13.5. The lowest BCUT2D eigenvalue weighted by Crippen LogP contribution is -2.12. The second-order valence-corrected chi connectivity index (χ2v) is 5.86. The maximum absolute atomic E-state index is 12.4. The van der Waals surface area contributed by atoms with Gasteiger partial charge in [-0.15, -0.1) is 0 Å². The highest BCUT2D eigenvalue weighted by Crippen LogP contribution is 2.23. The largest absolute Gasteiger partial charge is 0.321 e. The minimum Gasteiger partial charge on any atom is -0.321 e. The Hall–Kier alpha value is -2.95. The number of aromatic nitrogens is 4. The summed E-state index contributed by atoms with van der Waals surface area (Å²) in [7, 11) is 0. The van der Waals surface area contributed by atoms with Crippen molar-refractivity contribution in [2.24, 2.45) is 0 Å². The summed E-state index contributed by atoms with van der Waals surface area (Å²) in [5.74, 6) is 1.23. The van der Waals surface area contributed by atoms with Crippen LogP contribution >= 0.6 is 0 Å². The number of hydrogen-bond acceptors (Lipinski definition) is 3. The molecule has 2 aromatic carbocycles. The van der Waals surface area contributed by atoms with Crippen LogP contribution < -0.4 is 5.56 Å². The van der Waals surface area contributed by atoms with Crippen molar-refractivity contribution >= 4 is 21.9 Å². The number of rotatable bonds is 4. The number of para-hydroxylation sites is 3. The molecule has 4 aromatic rings. The van der Waals surface area contributed by atoms with Gasteiger partial charge in [-0.25, -0.2) is 9.97 Å². The average molecular weight is 318 g/mol. The standard InChI is InChI=1S/C19H18N4O/c1-2-3-12-23-16-11-7-6-10-15(16)21-18(23)17-20-14-9-5-4-8-13(14)19(24)22-17/h4-11H,2-3,12H2,1H3,(H,20,22,24). The lowest BCUT2D eigenvalue weighted by atomic mass is 10.2. The van der Waals surface area contributed by atoms with Crippen LogP contribution in [0.5, 0.6) is 0 Å². The summed E-state index contributed by atoms with van der Waals surface area (Å²) in [4.78, 5) is 24.6. The van der Waals surface area contributed by atoms with E-state index in [4.69, 9.17) is 4.98 Å². The maximum atomic E-state index is 12.4. The number of unbranched alkanes of at least 4 members (excludes halogenated alkanes) is 1. The second-order valence-electron chi connectivity index (χ2n) is 5.86. The van der Waals surface area contributed by atoms with Gasteiger partial charge in [-0.3, -0.25) is 4.79 Å². The van der Waals surface area contributed by atoms with Crippen molar-refractivity contribution in [3.05, 3.63) is 58.9 Å². The van der Waals surface area contributed by atoms with E-state index in [0.29, 0.717) is 22.6 Å². The van der Waals surface area contributed by atoms with Gasteiger partial charge in [0, 0.05) is 6.54 Å². The molecule has 4 rings (SSSR count). The Balaban J connectivity index is 1.97. The molecule has 0 unspecified atom stereocenters. The lowest BCUT2D eigenvalue weighted by Gasteiger charge is -2.08. The molecule has 0 amide bonds. The highest BCUT2D eigenvalue weighted by Gasteiger charge is 2.15. The summed E-state index contributed by atoms with van der Waals surface area (Å²) in [5.41, 5.74) is 2.53. The van der Waals surface area contributed by atoms with E-state index in [1.165, 1.54) is 0 Å². The number of fused-ring (bicyclic) bond motifs is 2. The van der Waals surface area contributed by atoms with Crippen molar-refractivity contribution < 1.29 is 0 Å². The first kappa shape index (κ1) is 14.6. The van der Waals surface area contributed by atoms with Crippen LogP contribution in [0.25, 0.3) is 33.6 Å². The molecule has 0 aliphatic heterocycles. The van der Waals surface area contributed by atoms with Gasteiger partial charge in [-0.2, -0.15) is 0 Å². The fraction of sp³-hybridized carbons (Fsp3) is 0.211. The topological polar surface area (TPSA) is 63.6 Å². The van der Waals surface area contributed by atoms with E-state index in [9.17, 15) is 4.79 Å². The smallest absolute Gasteiger partial charge is 0.259 e. The van der Waals surface area contributed by atoms with E-state index in [-0.39, 0.29) is 5.56 Å². The highest BCUT2D eigenvalue weighted by molar-refractivity contribution is 5.82. The third kappa shape index (κ3) is 2.38. The molecule has 1 N–H and O–H groups in total. The van der Waals surface area contributed by atoms with Crippen molar-refractivity contribution in [3.63, 3.8) is 0 Å². The number of nitrogens with one attached hydrogen (secondary N) is 1. The minimum atomic E-state index is -0.135. The number of aryl methyl sites for hydroxylation is 1. The molecule has 0 saturated heterocycles. The van der Waals surface area contributed by atoms with Crippen LogP contribution in [0.1, 0.15) is 19.8 Å². The molecule has 0 radical (unpaired) electrons. The van der Waals surface area contributed by atoms with E-state index in [1.807, 2.05) is 36.4 Å². The molecule has 2 heterocycles. The fourth-order valence-electron chi connectivity index (χ4n) is 2.99. The number of H-pyrrole nitrogens is 1. The van der Waals surface area contributed by atoms with Gasteiger partial charge in [0.05, 0.1) is 21.9 Å². The molecule has 2 aromatic heterocycles. The summed E-state index contributed by atoms with van der Waals surface area (Å²) in [6, 6.07) is 15.4. The summed E-state index contributed by atoms with van der Waals surface area (Å²) < 4.78 is 2.14. The summed E-state index contributed by atoms with van der Waals surface area (Å²) in [5, 5.41) is 0.595. The first-order chi connectivity index (χ1) is 11.8. The molecular formula is C19H18N4O. The van der Waals surface area contributed by atoms with E-state index < -0.39 is 0 Å². The Morgan fingerprint density at radius 3 is 2.58 bits per heavy atom. The van der Waals surface area contributed by atoms with Crippen LogP contribution in [0.4, 0.5) is 0 Å². The van der Waals surface area contributed by atoms with Gasteiger partial charge < -0.3 is 9.55 Å². The summed E-state index contributed by atoms with van der Waals surface area (Å²) in [6.07, 6.45) is 2.14. The summed E-state index contributed by atoms with van der Waals surface area (Å²) >= 11 is 0. The first-order valence-electron chi connectivity index (χ1n) is 8.22. The summed E-state index contributed by atoms with van der Waals surface area (Å²) in [6.45, 7) is 3.01. The van der Waals surface area contributed by atoms with E-state index in [2.05, 4.69) is 27.5 Å². The maximum Gasteiger partial charge on any atom is 0.259 e. The van der Waals surface area contributed by atoms with Crippen molar-refractivity contribution in [1.29, 1.82) is 0 Å². The molecule has 0 aliphatic carbocycles. The van der Waals surface area contributed by atoms with Crippen LogP contribution in [0.3, 0.4) is 0 Å². The van der Waals surface area contributed by atoms with Gasteiger partial charge in [0.25, 0.3) is 5.56 Å². The molecule has 0 bridgehead atoms. The molecule has 0 saturated carbocycles. The number of hydrogen-bond donors (Lipinski definition) is 1. The van der Waals surface area contributed by atoms with E-state index in [0.717, 1.165) is 30.4 Å². The van der Waals surface area contributed by atoms with E-state index >= 15 is 0 Å². The van der Waals surface area contributed by atoms with Gasteiger partial charge in [0.15, 0.2) is 11.6 Å². The monoisotopic (exact) mass is 318 g/mol. The molecule has 24 heavy (non-hydrogen) atoms. The molecule has 0 atom stereocenters. The molecule has 0 aliphatic rings. The van der Waals surface area contributed by atoms with Crippen molar-refractivity contribution in [2.45, 2.75) is 26.3 Å². The second kappa shape index (κ2) is 5.92. The third-order valence-electron chi connectivity index (χ3n) is 4.21. The van der Waals surface area contributed by atoms with Crippen LogP contribution in [0, 0.1) is 0 Å².